The van der Waals surface area contributed by atoms with E-state index in [-0.39, 0.29) is 11.7 Å². The standard InChI is InChI=1S/C17H19NO3S2/c1-13-4-2-5-15(12-13)23(20,21)18-9-7-14(8-10-18)17(19)16-6-3-11-22-16/h2-6,11-12,14H,7-10H2,1H3. The first-order valence-corrected chi connectivity index (χ1v) is 9.95. The molecule has 1 aliphatic rings. The Morgan fingerprint density at radius 3 is 2.52 bits per heavy atom. The molecule has 0 aliphatic carbocycles. The van der Waals surface area contributed by atoms with Gasteiger partial charge in [-0.1, -0.05) is 18.2 Å². The third-order valence-corrected chi connectivity index (χ3v) is 7.00. The second-order valence-corrected chi connectivity index (χ2v) is 8.72. The van der Waals surface area contributed by atoms with E-state index >= 15 is 0 Å². The van der Waals surface area contributed by atoms with E-state index in [0.717, 1.165) is 10.4 Å². The lowest BCUT2D eigenvalue weighted by Gasteiger charge is -2.30. The van der Waals surface area contributed by atoms with Crippen LogP contribution in [-0.4, -0.2) is 31.6 Å². The lowest BCUT2D eigenvalue weighted by molar-refractivity contribution is 0.0879. The van der Waals surface area contributed by atoms with Gasteiger partial charge in [0.1, 0.15) is 0 Å². The second-order valence-electron chi connectivity index (χ2n) is 5.84. The minimum Gasteiger partial charge on any atom is -0.293 e. The molecule has 122 valence electrons. The molecule has 1 aromatic carbocycles. The van der Waals surface area contributed by atoms with Crippen molar-refractivity contribution in [3.63, 3.8) is 0 Å². The highest BCUT2D eigenvalue weighted by Gasteiger charge is 2.32. The summed E-state index contributed by atoms with van der Waals surface area (Å²) in [5, 5.41) is 1.89. The average Bonchev–Trinajstić information content (AvgIpc) is 3.09. The quantitative estimate of drug-likeness (QED) is 0.796. The summed E-state index contributed by atoms with van der Waals surface area (Å²) in [6, 6.07) is 10.7. The van der Waals surface area contributed by atoms with Gasteiger partial charge >= 0.3 is 0 Å². The van der Waals surface area contributed by atoms with Crippen molar-refractivity contribution < 1.29 is 13.2 Å². The van der Waals surface area contributed by atoms with Gasteiger partial charge in [-0.2, -0.15) is 4.31 Å². The van der Waals surface area contributed by atoms with Gasteiger partial charge in [0.15, 0.2) is 5.78 Å². The Morgan fingerprint density at radius 1 is 1.17 bits per heavy atom. The fourth-order valence-corrected chi connectivity index (χ4v) is 5.22. The molecule has 0 radical (unpaired) electrons. The highest BCUT2D eigenvalue weighted by Crippen LogP contribution is 2.27. The van der Waals surface area contributed by atoms with Crippen LogP contribution in [0.25, 0.3) is 0 Å². The number of piperidine rings is 1. The molecule has 0 unspecified atom stereocenters. The van der Waals surface area contributed by atoms with Crippen LogP contribution in [0.5, 0.6) is 0 Å². The van der Waals surface area contributed by atoms with Crippen molar-refractivity contribution in [3.05, 3.63) is 52.2 Å². The number of thiophene rings is 1. The first-order chi connectivity index (χ1) is 11.0. The molecule has 1 saturated heterocycles. The predicted molar refractivity (Wildman–Crippen MR) is 91.3 cm³/mol. The molecule has 0 atom stereocenters. The Labute approximate surface area is 140 Å². The summed E-state index contributed by atoms with van der Waals surface area (Å²) in [6.45, 7) is 2.68. The zero-order valence-corrected chi connectivity index (χ0v) is 14.6. The Morgan fingerprint density at radius 2 is 1.91 bits per heavy atom. The highest BCUT2D eigenvalue weighted by molar-refractivity contribution is 7.89. The van der Waals surface area contributed by atoms with Crippen LogP contribution >= 0.6 is 11.3 Å². The van der Waals surface area contributed by atoms with Gasteiger partial charge in [-0.05, 0) is 48.9 Å². The molecule has 23 heavy (non-hydrogen) atoms. The summed E-state index contributed by atoms with van der Waals surface area (Å²) in [5.41, 5.74) is 0.925. The van der Waals surface area contributed by atoms with Crippen molar-refractivity contribution in [1.29, 1.82) is 0 Å². The van der Waals surface area contributed by atoms with E-state index in [9.17, 15) is 13.2 Å². The molecule has 0 N–H and O–H groups in total. The summed E-state index contributed by atoms with van der Waals surface area (Å²) in [6.07, 6.45) is 1.17. The molecule has 1 aromatic heterocycles. The van der Waals surface area contributed by atoms with E-state index in [4.69, 9.17) is 0 Å². The van der Waals surface area contributed by atoms with Crippen LogP contribution in [0.4, 0.5) is 0 Å². The largest absolute Gasteiger partial charge is 0.293 e. The van der Waals surface area contributed by atoms with Crippen LogP contribution in [0.3, 0.4) is 0 Å². The van der Waals surface area contributed by atoms with Crippen LogP contribution in [0, 0.1) is 12.8 Å². The molecule has 1 fully saturated rings. The molecule has 2 aromatic rings. The van der Waals surface area contributed by atoms with Crippen molar-refractivity contribution in [2.75, 3.05) is 13.1 Å². The molecule has 0 amide bonds. The van der Waals surface area contributed by atoms with E-state index < -0.39 is 10.0 Å². The van der Waals surface area contributed by atoms with Gasteiger partial charge in [0.25, 0.3) is 0 Å². The summed E-state index contributed by atoms with van der Waals surface area (Å²) in [5.74, 6) is 0.0743. The monoisotopic (exact) mass is 349 g/mol. The molecule has 6 heteroatoms. The maximum absolute atomic E-state index is 12.7. The summed E-state index contributed by atoms with van der Waals surface area (Å²) < 4.78 is 26.9. The number of rotatable bonds is 4. The highest BCUT2D eigenvalue weighted by atomic mass is 32.2. The lowest BCUT2D eigenvalue weighted by Crippen LogP contribution is -2.40. The summed E-state index contributed by atoms with van der Waals surface area (Å²) in [4.78, 5) is 13.5. The SMILES string of the molecule is Cc1cccc(S(=O)(=O)N2CCC(C(=O)c3cccs3)CC2)c1. The van der Waals surface area contributed by atoms with Crippen molar-refractivity contribution in [2.24, 2.45) is 5.92 Å². The minimum absolute atomic E-state index is 0.0717. The van der Waals surface area contributed by atoms with Crippen molar-refractivity contribution in [1.82, 2.24) is 4.31 Å². The topological polar surface area (TPSA) is 54.5 Å². The fraction of sp³-hybridized carbons (Fsp3) is 0.353. The van der Waals surface area contributed by atoms with Crippen molar-refractivity contribution in [2.45, 2.75) is 24.7 Å². The number of sulfonamides is 1. The van der Waals surface area contributed by atoms with Crippen LogP contribution in [0.15, 0.2) is 46.7 Å². The van der Waals surface area contributed by atoms with E-state index in [1.165, 1.54) is 15.6 Å². The van der Waals surface area contributed by atoms with E-state index in [1.54, 1.807) is 18.2 Å². The fourth-order valence-electron chi connectivity index (χ4n) is 2.90. The van der Waals surface area contributed by atoms with Crippen LogP contribution in [0.2, 0.25) is 0 Å². The Balaban J connectivity index is 1.70. The van der Waals surface area contributed by atoms with Crippen molar-refractivity contribution in [3.8, 4) is 0 Å². The van der Waals surface area contributed by atoms with Crippen LogP contribution in [-0.2, 0) is 10.0 Å². The number of carbonyl (C=O) groups excluding carboxylic acids is 1. The van der Waals surface area contributed by atoms with E-state index in [0.29, 0.717) is 30.8 Å². The molecule has 0 saturated carbocycles. The zero-order valence-electron chi connectivity index (χ0n) is 12.9. The molecular formula is C17H19NO3S2. The average molecular weight is 349 g/mol. The number of Topliss-reactive ketones (excluding diaryl/α,β-unsaturated/α-hetero) is 1. The molecule has 1 aliphatic heterocycles. The normalized spacial score (nSPS) is 17.3. The number of benzene rings is 1. The number of aryl methyl sites for hydroxylation is 1. The van der Waals surface area contributed by atoms with Gasteiger partial charge in [0, 0.05) is 19.0 Å². The van der Waals surface area contributed by atoms with Gasteiger partial charge in [0.05, 0.1) is 9.77 Å². The molecule has 4 nitrogen and oxygen atoms in total. The van der Waals surface area contributed by atoms with Gasteiger partial charge in [-0.15, -0.1) is 11.3 Å². The first kappa shape index (κ1) is 16.4. The molecule has 0 bridgehead atoms. The molecule has 2 heterocycles. The summed E-state index contributed by atoms with van der Waals surface area (Å²) in [7, 11) is -3.46. The molecular weight excluding hydrogens is 330 g/mol. The maximum Gasteiger partial charge on any atom is 0.243 e. The number of ketones is 1. The summed E-state index contributed by atoms with van der Waals surface area (Å²) >= 11 is 1.45. The number of nitrogens with zero attached hydrogens (tertiary/aromatic N) is 1. The molecule has 0 spiro atoms. The van der Waals surface area contributed by atoms with E-state index in [1.807, 2.05) is 30.5 Å². The van der Waals surface area contributed by atoms with Gasteiger partial charge < -0.3 is 0 Å². The van der Waals surface area contributed by atoms with Crippen LogP contribution < -0.4 is 0 Å². The second kappa shape index (κ2) is 6.55. The third kappa shape index (κ3) is 3.39. The predicted octanol–water partition coefficient (Wildman–Crippen LogP) is 3.34. The number of hydrogen-bond acceptors (Lipinski definition) is 4. The Kier molecular flexibility index (Phi) is 4.66. The lowest BCUT2D eigenvalue weighted by atomic mass is 9.93. The van der Waals surface area contributed by atoms with Gasteiger partial charge in [-0.25, -0.2) is 8.42 Å². The first-order valence-electron chi connectivity index (χ1n) is 7.63. The van der Waals surface area contributed by atoms with Gasteiger partial charge in [-0.3, -0.25) is 4.79 Å². The van der Waals surface area contributed by atoms with Crippen LogP contribution in [0.1, 0.15) is 28.1 Å². The Hall–Kier alpha value is -1.50. The third-order valence-electron chi connectivity index (χ3n) is 4.22. The molecule has 3 rings (SSSR count). The Bertz CT molecular complexity index is 789. The minimum atomic E-state index is -3.46. The smallest absolute Gasteiger partial charge is 0.243 e. The number of carbonyl (C=O) groups is 1. The maximum atomic E-state index is 12.7. The van der Waals surface area contributed by atoms with E-state index in [2.05, 4.69) is 0 Å². The van der Waals surface area contributed by atoms with Crippen molar-refractivity contribution >= 4 is 27.1 Å². The zero-order chi connectivity index (χ0) is 16.4. The number of hydrogen-bond donors (Lipinski definition) is 0. The van der Waals surface area contributed by atoms with Gasteiger partial charge in [0.2, 0.25) is 10.0 Å².